The number of aromatic nitrogens is 1. The van der Waals surface area contributed by atoms with Gasteiger partial charge in [-0.3, -0.25) is 9.71 Å². The van der Waals surface area contributed by atoms with Gasteiger partial charge in [-0.2, -0.15) is 0 Å². The average molecular weight is 307 g/mol. The van der Waals surface area contributed by atoms with Gasteiger partial charge in [0.05, 0.1) is 11.4 Å². The number of sulfonamides is 1. The van der Waals surface area contributed by atoms with Gasteiger partial charge in [-0.05, 0) is 30.7 Å². The first kappa shape index (κ1) is 15.1. The number of pyridine rings is 1. The summed E-state index contributed by atoms with van der Waals surface area (Å²) in [7, 11) is -3.48. The van der Waals surface area contributed by atoms with E-state index >= 15 is 0 Å². The number of aryl methyl sites for hydroxylation is 1. The number of nitrogen functional groups attached to an aromatic ring is 1. The Balaban J connectivity index is 1.93. The van der Waals surface area contributed by atoms with Crippen molar-refractivity contribution in [3.8, 4) is 5.75 Å². The molecule has 0 spiro atoms. The quantitative estimate of drug-likeness (QED) is 0.793. The van der Waals surface area contributed by atoms with Crippen molar-refractivity contribution < 1.29 is 13.2 Å². The van der Waals surface area contributed by atoms with E-state index in [-0.39, 0.29) is 12.4 Å². The highest BCUT2D eigenvalue weighted by Crippen LogP contribution is 2.19. The third-order valence-corrected chi connectivity index (χ3v) is 4.05. The molecule has 1 heterocycles. The van der Waals surface area contributed by atoms with Crippen LogP contribution in [-0.2, 0) is 10.0 Å². The minimum Gasteiger partial charge on any atom is -0.490 e. The van der Waals surface area contributed by atoms with E-state index < -0.39 is 10.0 Å². The maximum atomic E-state index is 12.0. The van der Waals surface area contributed by atoms with Crippen molar-refractivity contribution in [2.45, 2.75) is 6.92 Å². The van der Waals surface area contributed by atoms with Crippen LogP contribution in [0.3, 0.4) is 0 Å². The zero-order chi connectivity index (χ0) is 15.3. The Morgan fingerprint density at radius 3 is 2.76 bits per heavy atom. The number of rotatable bonds is 6. The molecular weight excluding hydrogens is 290 g/mol. The van der Waals surface area contributed by atoms with Crippen LogP contribution < -0.4 is 15.2 Å². The summed E-state index contributed by atoms with van der Waals surface area (Å²) in [6, 6.07) is 8.57. The number of hydrogen-bond donors (Lipinski definition) is 2. The number of nitrogens with one attached hydrogen (secondary N) is 1. The van der Waals surface area contributed by atoms with Crippen molar-refractivity contribution >= 4 is 21.4 Å². The molecule has 0 saturated carbocycles. The van der Waals surface area contributed by atoms with Gasteiger partial charge in [-0.1, -0.05) is 12.1 Å². The molecule has 1 aromatic carbocycles. The van der Waals surface area contributed by atoms with Crippen LogP contribution in [0.4, 0.5) is 11.4 Å². The molecule has 0 aliphatic carbocycles. The highest BCUT2D eigenvalue weighted by atomic mass is 32.2. The number of nitrogens with two attached hydrogens (primary N) is 1. The van der Waals surface area contributed by atoms with E-state index in [1.807, 2.05) is 0 Å². The first-order valence-corrected chi connectivity index (χ1v) is 8.01. The SMILES string of the molecule is Cc1cnccc1NS(=O)(=O)CCOc1ccccc1N. The predicted molar refractivity (Wildman–Crippen MR) is 82.7 cm³/mol. The minimum atomic E-state index is -3.48. The van der Waals surface area contributed by atoms with Gasteiger partial charge < -0.3 is 10.5 Å². The van der Waals surface area contributed by atoms with Gasteiger partial charge in [0, 0.05) is 12.4 Å². The molecule has 0 fully saturated rings. The summed E-state index contributed by atoms with van der Waals surface area (Å²) in [5.74, 6) is 0.316. The zero-order valence-corrected chi connectivity index (χ0v) is 12.4. The van der Waals surface area contributed by atoms with Crippen LogP contribution >= 0.6 is 0 Å². The van der Waals surface area contributed by atoms with E-state index in [1.165, 1.54) is 6.20 Å². The van der Waals surface area contributed by atoms with Crippen molar-refractivity contribution in [3.63, 3.8) is 0 Å². The topological polar surface area (TPSA) is 94.3 Å². The molecule has 0 saturated heterocycles. The second-order valence-electron chi connectivity index (χ2n) is 4.50. The molecule has 0 amide bonds. The van der Waals surface area contributed by atoms with E-state index in [1.54, 1.807) is 43.5 Å². The van der Waals surface area contributed by atoms with Crippen LogP contribution in [0.2, 0.25) is 0 Å². The van der Waals surface area contributed by atoms with Crippen LogP contribution in [0.5, 0.6) is 5.75 Å². The first-order chi connectivity index (χ1) is 9.98. The van der Waals surface area contributed by atoms with Gasteiger partial charge in [-0.25, -0.2) is 8.42 Å². The van der Waals surface area contributed by atoms with Gasteiger partial charge in [0.25, 0.3) is 0 Å². The normalized spacial score (nSPS) is 11.1. The lowest BCUT2D eigenvalue weighted by molar-refractivity contribution is 0.343. The predicted octanol–water partition coefficient (Wildman–Crippen LogP) is 1.79. The fourth-order valence-corrected chi connectivity index (χ4v) is 2.65. The van der Waals surface area contributed by atoms with Crippen LogP contribution in [-0.4, -0.2) is 25.8 Å². The zero-order valence-electron chi connectivity index (χ0n) is 11.6. The summed E-state index contributed by atoms with van der Waals surface area (Å²) in [6.07, 6.45) is 3.13. The van der Waals surface area contributed by atoms with E-state index in [9.17, 15) is 8.42 Å². The van der Waals surface area contributed by atoms with Gasteiger partial charge in [0.1, 0.15) is 18.1 Å². The number of benzene rings is 1. The molecule has 3 N–H and O–H groups in total. The second-order valence-corrected chi connectivity index (χ2v) is 6.34. The lowest BCUT2D eigenvalue weighted by Gasteiger charge is -2.11. The molecule has 0 atom stereocenters. The lowest BCUT2D eigenvalue weighted by Crippen LogP contribution is -2.22. The number of anilines is 2. The molecule has 0 aliphatic rings. The lowest BCUT2D eigenvalue weighted by atomic mass is 10.3. The molecule has 0 radical (unpaired) electrons. The summed E-state index contributed by atoms with van der Waals surface area (Å²) in [6.45, 7) is 1.81. The van der Waals surface area contributed by atoms with Gasteiger partial charge >= 0.3 is 0 Å². The molecule has 0 unspecified atom stereocenters. The first-order valence-electron chi connectivity index (χ1n) is 6.36. The number of nitrogens with zero attached hydrogens (tertiary/aromatic N) is 1. The standard InChI is InChI=1S/C14H17N3O3S/c1-11-10-16-7-6-13(11)17-21(18,19)9-8-20-14-5-3-2-4-12(14)15/h2-7,10H,8-9,15H2,1H3,(H,16,17). The Kier molecular flexibility index (Phi) is 4.64. The Labute approximate surface area is 124 Å². The van der Waals surface area contributed by atoms with Crippen LogP contribution in [0.25, 0.3) is 0 Å². The Morgan fingerprint density at radius 1 is 1.29 bits per heavy atom. The third-order valence-electron chi connectivity index (χ3n) is 2.81. The average Bonchev–Trinajstić information content (AvgIpc) is 2.43. The van der Waals surface area contributed by atoms with E-state index in [4.69, 9.17) is 10.5 Å². The Morgan fingerprint density at radius 2 is 2.05 bits per heavy atom. The fraction of sp³-hybridized carbons (Fsp3) is 0.214. The van der Waals surface area contributed by atoms with Crippen molar-refractivity contribution in [1.29, 1.82) is 0 Å². The van der Waals surface area contributed by atoms with Crippen molar-refractivity contribution in [3.05, 3.63) is 48.3 Å². The molecule has 2 aromatic rings. The van der Waals surface area contributed by atoms with Gasteiger partial charge in [0.15, 0.2) is 0 Å². The highest BCUT2D eigenvalue weighted by Gasteiger charge is 2.12. The van der Waals surface area contributed by atoms with Crippen molar-refractivity contribution in [2.75, 3.05) is 22.8 Å². The Bertz CT molecular complexity index is 717. The monoisotopic (exact) mass is 307 g/mol. The summed E-state index contributed by atoms with van der Waals surface area (Å²) in [5, 5.41) is 0. The summed E-state index contributed by atoms with van der Waals surface area (Å²) in [4.78, 5) is 3.91. The Hall–Kier alpha value is -2.28. The smallest absolute Gasteiger partial charge is 0.236 e. The van der Waals surface area contributed by atoms with Gasteiger partial charge in [-0.15, -0.1) is 0 Å². The fourth-order valence-electron chi connectivity index (χ4n) is 1.68. The maximum Gasteiger partial charge on any atom is 0.236 e. The van der Waals surface area contributed by atoms with Crippen molar-refractivity contribution in [1.82, 2.24) is 4.98 Å². The van der Waals surface area contributed by atoms with Crippen LogP contribution in [0.15, 0.2) is 42.7 Å². The molecule has 112 valence electrons. The molecule has 0 aliphatic heterocycles. The number of ether oxygens (including phenoxy) is 1. The highest BCUT2D eigenvalue weighted by molar-refractivity contribution is 7.92. The molecule has 21 heavy (non-hydrogen) atoms. The summed E-state index contributed by atoms with van der Waals surface area (Å²) >= 11 is 0. The van der Waals surface area contributed by atoms with Crippen LogP contribution in [0.1, 0.15) is 5.56 Å². The van der Waals surface area contributed by atoms with Gasteiger partial charge in [0.2, 0.25) is 10.0 Å². The maximum absolute atomic E-state index is 12.0. The summed E-state index contributed by atoms with van der Waals surface area (Å²) < 4.78 is 31.9. The van der Waals surface area contributed by atoms with E-state index in [0.717, 1.165) is 5.56 Å². The van der Waals surface area contributed by atoms with Crippen LogP contribution in [0, 0.1) is 6.92 Å². The van der Waals surface area contributed by atoms with E-state index in [0.29, 0.717) is 17.1 Å². The minimum absolute atomic E-state index is 0.0215. The third kappa shape index (κ3) is 4.35. The largest absolute Gasteiger partial charge is 0.490 e. The number of para-hydroxylation sites is 2. The van der Waals surface area contributed by atoms with Crippen molar-refractivity contribution in [2.24, 2.45) is 0 Å². The molecule has 0 bridgehead atoms. The summed E-state index contributed by atoms with van der Waals surface area (Å²) in [5.41, 5.74) is 7.47. The molecule has 2 rings (SSSR count). The number of hydrogen-bond acceptors (Lipinski definition) is 5. The van der Waals surface area contributed by atoms with E-state index in [2.05, 4.69) is 9.71 Å². The second kappa shape index (κ2) is 6.45. The molecule has 1 aromatic heterocycles. The molecule has 7 heteroatoms. The molecule has 6 nitrogen and oxygen atoms in total. The molecular formula is C14H17N3O3S.